The molecule has 17 heavy (non-hydrogen) atoms. The van der Waals surface area contributed by atoms with E-state index in [2.05, 4.69) is 17.1 Å². The van der Waals surface area contributed by atoms with Gasteiger partial charge in [0.05, 0.1) is 0 Å². The van der Waals surface area contributed by atoms with Crippen LogP contribution in [0.25, 0.3) is 0 Å². The van der Waals surface area contributed by atoms with Gasteiger partial charge in [0.15, 0.2) is 5.11 Å². The van der Waals surface area contributed by atoms with Gasteiger partial charge in [0.2, 0.25) is 0 Å². The van der Waals surface area contributed by atoms with Crippen molar-refractivity contribution in [3.05, 3.63) is 0 Å². The Bertz CT molecular complexity index is 305. The van der Waals surface area contributed by atoms with Gasteiger partial charge in [-0.05, 0) is 62.1 Å². The maximum absolute atomic E-state index is 5.59. The topological polar surface area (TPSA) is 15.3 Å². The molecule has 0 amide bonds. The molecule has 96 valence electrons. The summed E-state index contributed by atoms with van der Waals surface area (Å²) in [5.41, 5.74) is 0. The van der Waals surface area contributed by atoms with Crippen LogP contribution in [0.3, 0.4) is 0 Å². The van der Waals surface area contributed by atoms with E-state index in [4.69, 9.17) is 12.2 Å². The summed E-state index contributed by atoms with van der Waals surface area (Å²) in [7, 11) is 0. The highest BCUT2D eigenvalue weighted by molar-refractivity contribution is 7.80. The standard InChI is InChI=1S/C14H24N2S/c1-10-3-2-6-16(9-10)14(17)15-13-8-11-4-5-12(13)7-11/h10-13H,2-9H2,1H3,(H,15,17)/t10-,11+,12+,13-/m1/s1. The van der Waals surface area contributed by atoms with Crippen molar-refractivity contribution in [3.63, 3.8) is 0 Å². The molecular weight excluding hydrogens is 228 g/mol. The molecule has 0 spiro atoms. The van der Waals surface area contributed by atoms with Crippen LogP contribution in [0.5, 0.6) is 0 Å². The van der Waals surface area contributed by atoms with Gasteiger partial charge in [-0.25, -0.2) is 0 Å². The van der Waals surface area contributed by atoms with Gasteiger partial charge in [-0.2, -0.15) is 0 Å². The van der Waals surface area contributed by atoms with Crippen LogP contribution in [0.1, 0.15) is 45.4 Å². The van der Waals surface area contributed by atoms with Gasteiger partial charge >= 0.3 is 0 Å². The van der Waals surface area contributed by atoms with Crippen LogP contribution in [0.4, 0.5) is 0 Å². The third-order valence-corrected chi connectivity index (χ3v) is 5.37. The number of likely N-dealkylation sites (tertiary alicyclic amines) is 1. The average Bonchev–Trinajstić information content (AvgIpc) is 2.91. The molecule has 1 N–H and O–H groups in total. The minimum absolute atomic E-state index is 0.693. The van der Waals surface area contributed by atoms with Gasteiger partial charge in [0.25, 0.3) is 0 Å². The second-order valence-electron chi connectivity index (χ2n) is 6.42. The third kappa shape index (κ3) is 2.44. The Balaban J connectivity index is 1.53. The van der Waals surface area contributed by atoms with Crippen molar-refractivity contribution < 1.29 is 0 Å². The molecule has 3 fully saturated rings. The lowest BCUT2D eigenvalue weighted by Gasteiger charge is -2.35. The molecule has 0 unspecified atom stereocenters. The van der Waals surface area contributed by atoms with E-state index in [1.54, 1.807) is 0 Å². The molecule has 2 aliphatic carbocycles. The molecule has 1 aliphatic heterocycles. The number of nitrogens with one attached hydrogen (secondary N) is 1. The Morgan fingerprint density at radius 1 is 1.24 bits per heavy atom. The largest absolute Gasteiger partial charge is 0.360 e. The van der Waals surface area contributed by atoms with Crippen LogP contribution in [0.2, 0.25) is 0 Å². The molecule has 0 aromatic carbocycles. The molecule has 3 aliphatic rings. The van der Waals surface area contributed by atoms with E-state index in [-0.39, 0.29) is 0 Å². The first-order valence-electron chi connectivity index (χ1n) is 7.28. The molecule has 1 saturated heterocycles. The zero-order valence-electron chi connectivity index (χ0n) is 10.8. The quantitative estimate of drug-likeness (QED) is 0.723. The highest BCUT2D eigenvalue weighted by atomic mass is 32.1. The van der Waals surface area contributed by atoms with E-state index in [1.165, 1.54) is 38.5 Å². The highest BCUT2D eigenvalue weighted by Crippen LogP contribution is 2.44. The fourth-order valence-electron chi connectivity index (χ4n) is 4.05. The van der Waals surface area contributed by atoms with Crippen molar-refractivity contribution in [1.82, 2.24) is 10.2 Å². The molecule has 0 radical (unpaired) electrons. The van der Waals surface area contributed by atoms with Crippen molar-refractivity contribution in [2.75, 3.05) is 13.1 Å². The number of piperidine rings is 1. The molecule has 2 nitrogen and oxygen atoms in total. The summed E-state index contributed by atoms with van der Waals surface area (Å²) in [5.74, 6) is 2.73. The van der Waals surface area contributed by atoms with Crippen molar-refractivity contribution in [2.24, 2.45) is 17.8 Å². The van der Waals surface area contributed by atoms with Crippen LogP contribution in [-0.4, -0.2) is 29.1 Å². The number of rotatable bonds is 1. The lowest BCUT2D eigenvalue weighted by molar-refractivity contribution is 0.263. The third-order valence-electron chi connectivity index (χ3n) is 4.99. The molecule has 3 rings (SSSR count). The summed E-state index contributed by atoms with van der Waals surface area (Å²) in [5, 5.41) is 4.69. The van der Waals surface area contributed by atoms with E-state index in [1.807, 2.05) is 0 Å². The zero-order valence-corrected chi connectivity index (χ0v) is 11.6. The molecule has 1 heterocycles. The Labute approximate surface area is 110 Å². The zero-order chi connectivity index (χ0) is 11.8. The lowest BCUT2D eigenvalue weighted by Crippen LogP contribution is -2.49. The summed E-state index contributed by atoms with van der Waals surface area (Å²) in [6, 6.07) is 0.693. The van der Waals surface area contributed by atoms with E-state index in [9.17, 15) is 0 Å². The van der Waals surface area contributed by atoms with Crippen LogP contribution in [0.15, 0.2) is 0 Å². The SMILES string of the molecule is C[C@@H]1CCCN(C(=S)N[C@@H]2C[C@H]3CC[C@H]2C3)C1. The highest BCUT2D eigenvalue weighted by Gasteiger charge is 2.40. The van der Waals surface area contributed by atoms with E-state index < -0.39 is 0 Å². The number of nitrogens with zero attached hydrogens (tertiary/aromatic N) is 1. The predicted octanol–water partition coefficient (Wildman–Crippen LogP) is 2.78. The van der Waals surface area contributed by atoms with Crippen molar-refractivity contribution in [1.29, 1.82) is 0 Å². The molecule has 0 aromatic heterocycles. The monoisotopic (exact) mass is 252 g/mol. The van der Waals surface area contributed by atoms with Crippen LogP contribution >= 0.6 is 12.2 Å². The van der Waals surface area contributed by atoms with Crippen molar-refractivity contribution >= 4 is 17.3 Å². The molecular formula is C14H24N2S. The van der Waals surface area contributed by atoms with E-state index in [0.717, 1.165) is 36.0 Å². The smallest absolute Gasteiger partial charge is 0.169 e. The van der Waals surface area contributed by atoms with Crippen LogP contribution < -0.4 is 5.32 Å². The second kappa shape index (κ2) is 4.75. The number of hydrogen-bond acceptors (Lipinski definition) is 1. The van der Waals surface area contributed by atoms with Gasteiger partial charge in [-0.3, -0.25) is 0 Å². The Morgan fingerprint density at radius 2 is 2.12 bits per heavy atom. The fraction of sp³-hybridized carbons (Fsp3) is 0.929. The van der Waals surface area contributed by atoms with Crippen LogP contribution in [-0.2, 0) is 0 Å². The molecule has 2 saturated carbocycles. The fourth-order valence-corrected chi connectivity index (χ4v) is 4.36. The average molecular weight is 252 g/mol. The molecule has 0 aromatic rings. The summed E-state index contributed by atoms with van der Waals surface area (Å²) >= 11 is 5.59. The summed E-state index contributed by atoms with van der Waals surface area (Å²) in [4.78, 5) is 2.40. The first-order valence-corrected chi connectivity index (χ1v) is 7.68. The van der Waals surface area contributed by atoms with Gasteiger partial charge < -0.3 is 10.2 Å². The molecule has 4 atom stereocenters. The minimum Gasteiger partial charge on any atom is -0.360 e. The first kappa shape index (κ1) is 11.8. The van der Waals surface area contributed by atoms with Gasteiger partial charge in [-0.15, -0.1) is 0 Å². The van der Waals surface area contributed by atoms with Crippen LogP contribution in [0, 0.1) is 17.8 Å². The predicted molar refractivity (Wildman–Crippen MR) is 74.9 cm³/mol. The number of thiocarbonyl (C=S) groups is 1. The minimum atomic E-state index is 0.693. The molecule has 3 heteroatoms. The maximum Gasteiger partial charge on any atom is 0.169 e. The molecule has 2 bridgehead atoms. The van der Waals surface area contributed by atoms with Crippen molar-refractivity contribution in [2.45, 2.75) is 51.5 Å². The van der Waals surface area contributed by atoms with Gasteiger partial charge in [0.1, 0.15) is 0 Å². The summed E-state index contributed by atoms with van der Waals surface area (Å²) in [6.07, 6.45) is 8.40. The summed E-state index contributed by atoms with van der Waals surface area (Å²) in [6.45, 7) is 4.66. The number of hydrogen-bond donors (Lipinski definition) is 1. The Kier molecular flexibility index (Phi) is 3.29. The Hall–Kier alpha value is -0.310. The Morgan fingerprint density at radius 3 is 2.76 bits per heavy atom. The summed E-state index contributed by atoms with van der Waals surface area (Å²) < 4.78 is 0. The number of fused-ring (bicyclic) bond motifs is 2. The maximum atomic E-state index is 5.59. The van der Waals surface area contributed by atoms with Crippen molar-refractivity contribution in [3.8, 4) is 0 Å². The lowest BCUT2D eigenvalue weighted by atomic mass is 9.95. The van der Waals surface area contributed by atoms with Gasteiger partial charge in [0, 0.05) is 19.1 Å². The normalized spacial score (nSPS) is 40.6. The van der Waals surface area contributed by atoms with E-state index in [0.29, 0.717) is 6.04 Å². The van der Waals surface area contributed by atoms with E-state index >= 15 is 0 Å². The first-order chi connectivity index (χ1) is 8.22. The van der Waals surface area contributed by atoms with Gasteiger partial charge in [-0.1, -0.05) is 13.3 Å². The second-order valence-corrected chi connectivity index (χ2v) is 6.81.